The van der Waals surface area contributed by atoms with Gasteiger partial charge in [0.1, 0.15) is 0 Å². The van der Waals surface area contributed by atoms with E-state index in [1.54, 1.807) is 26.8 Å². The summed E-state index contributed by atoms with van der Waals surface area (Å²) >= 11 is 0. The third-order valence-corrected chi connectivity index (χ3v) is 6.31. The van der Waals surface area contributed by atoms with Crippen LogP contribution in [0.4, 0.5) is 4.79 Å². The first kappa shape index (κ1) is 27.7. The lowest BCUT2D eigenvalue weighted by Crippen LogP contribution is -2.64. The summed E-state index contributed by atoms with van der Waals surface area (Å²) in [5.74, 6) is -2.69. The summed E-state index contributed by atoms with van der Waals surface area (Å²) < 4.78 is 15.9. The number of nitrogens with zero attached hydrogens (tertiary/aromatic N) is 1. The van der Waals surface area contributed by atoms with E-state index in [1.165, 1.54) is 0 Å². The molecule has 0 fully saturated rings. The minimum Gasteiger partial charge on any atom is -0.464 e. The topological polar surface area (TPSA) is 115 Å². The molecule has 1 aliphatic carbocycles. The first-order chi connectivity index (χ1) is 17.5. The van der Waals surface area contributed by atoms with Crippen molar-refractivity contribution in [3.05, 3.63) is 58.7 Å². The van der Waals surface area contributed by atoms with Crippen LogP contribution in [0.1, 0.15) is 69.7 Å². The predicted octanol–water partition coefficient (Wildman–Crippen LogP) is 4.87. The molecule has 1 unspecified atom stereocenters. The zero-order valence-electron chi connectivity index (χ0n) is 22.3. The van der Waals surface area contributed by atoms with Crippen LogP contribution in [0.3, 0.4) is 0 Å². The maximum absolute atomic E-state index is 13.4. The number of nitriles is 1. The number of benzene rings is 2. The molecule has 2 aromatic carbocycles. The average Bonchev–Trinajstić information content (AvgIpc) is 3.22. The Balaban J connectivity index is 2.04. The summed E-state index contributed by atoms with van der Waals surface area (Å²) in [4.78, 5) is 39.7. The smallest absolute Gasteiger partial charge is 0.408 e. The highest BCUT2D eigenvalue weighted by atomic mass is 16.6. The Morgan fingerprint density at radius 1 is 0.946 bits per heavy atom. The van der Waals surface area contributed by atoms with Crippen LogP contribution in [-0.4, -0.2) is 43.4 Å². The first-order valence-corrected chi connectivity index (χ1v) is 12.4. The minimum absolute atomic E-state index is 0.00610. The van der Waals surface area contributed by atoms with Gasteiger partial charge in [-0.05, 0) is 65.6 Å². The molecule has 0 heterocycles. The van der Waals surface area contributed by atoms with Crippen LogP contribution in [-0.2, 0) is 30.2 Å². The fourth-order valence-electron chi connectivity index (χ4n) is 4.44. The molecular formula is C29H34N2O6. The Morgan fingerprint density at radius 2 is 1.51 bits per heavy atom. The molecule has 0 saturated heterocycles. The highest BCUT2D eigenvalue weighted by Crippen LogP contribution is 2.40. The Hall–Kier alpha value is -3.86. The van der Waals surface area contributed by atoms with Gasteiger partial charge in [0.2, 0.25) is 5.54 Å². The molecule has 0 radical (unpaired) electrons. The van der Waals surface area contributed by atoms with Crippen molar-refractivity contribution in [2.75, 3.05) is 19.8 Å². The summed E-state index contributed by atoms with van der Waals surface area (Å²) in [5.41, 5.74) is 2.83. The summed E-state index contributed by atoms with van der Waals surface area (Å²) in [6.45, 7) is 10.7. The molecule has 0 aromatic heterocycles. The van der Waals surface area contributed by atoms with E-state index in [9.17, 15) is 19.6 Å². The van der Waals surface area contributed by atoms with Crippen molar-refractivity contribution >= 4 is 18.0 Å². The second-order valence-electron chi connectivity index (χ2n) is 10.3. The van der Waals surface area contributed by atoms with Gasteiger partial charge in [0.05, 0.1) is 31.5 Å². The van der Waals surface area contributed by atoms with Gasteiger partial charge in [0.15, 0.2) is 0 Å². The van der Waals surface area contributed by atoms with E-state index < -0.39 is 29.5 Å². The average molecular weight is 507 g/mol. The number of amides is 1. The third-order valence-electron chi connectivity index (χ3n) is 6.31. The molecule has 0 bridgehead atoms. The van der Waals surface area contributed by atoms with Crippen LogP contribution in [0, 0.1) is 16.7 Å². The summed E-state index contributed by atoms with van der Waals surface area (Å²) in [5, 5.41) is 11.8. The van der Waals surface area contributed by atoms with E-state index in [4.69, 9.17) is 14.2 Å². The molecule has 0 aliphatic heterocycles. The lowest BCUT2D eigenvalue weighted by molar-refractivity contribution is -0.167. The quantitative estimate of drug-likeness (QED) is 0.263. The van der Waals surface area contributed by atoms with E-state index >= 15 is 0 Å². The fraction of sp³-hybridized carbons (Fsp3) is 0.448. The highest BCUT2D eigenvalue weighted by molar-refractivity contribution is 6.08. The van der Waals surface area contributed by atoms with Crippen molar-refractivity contribution in [2.45, 2.75) is 59.4 Å². The fourth-order valence-corrected chi connectivity index (χ4v) is 4.44. The molecule has 1 aliphatic rings. The van der Waals surface area contributed by atoms with Crippen molar-refractivity contribution in [3.63, 3.8) is 0 Å². The number of carbonyl (C=O) groups excluding carboxylic acids is 3. The van der Waals surface area contributed by atoms with Crippen LogP contribution in [0.2, 0.25) is 0 Å². The van der Waals surface area contributed by atoms with Crippen molar-refractivity contribution in [3.8, 4) is 17.2 Å². The molecule has 1 N–H and O–H groups in total. The molecular weight excluding hydrogens is 472 g/mol. The van der Waals surface area contributed by atoms with Crippen LogP contribution in [0.15, 0.2) is 36.4 Å². The maximum atomic E-state index is 13.4. The zero-order chi connectivity index (χ0) is 27.4. The van der Waals surface area contributed by atoms with Gasteiger partial charge in [0, 0.05) is 5.92 Å². The number of nitrogens with one attached hydrogen (secondary N) is 1. The van der Waals surface area contributed by atoms with Gasteiger partial charge in [0.25, 0.3) is 0 Å². The molecule has 37 heavy (non-hydrogen) atoms. The lowest BCUT2D eigenvalue weighted by Gasteiger charge is -2.35. The standard InChI is InChI=1S/C29H34N2O6/c1-7-35-25(32)29(26(33)36-8-2,31-27(34)37-17-28(4,5)6)18(3)20-10-12-24-22(14-20)15-21-13-19(16-30)9-11-23(21)24/h9-14,18H,7-8,15,17H2,1-6H3,(H,31,34). The van der Waals surface area contributed by atoms with Crippen LogP contribution < -0.4 is 5.32 Å². The molecule has 8 nitrogen and oxygen atoms in total. The normalized spacial score (nSPS) is 13.0. The number of fused-ring (bicyclic) bond motifs is 3. The number of hydrogen-bond donors (Lipinski definition) is 1. The molecule has 1 amide bonds. The summed E-state index contributed by atoms with van der Waals surface area (Å²) in [6, 6.07) is 13.4. The Kier molecular flexibility index (Phi) is 8.27. The van der Waals surface area contributed by atoms with E-state index in [0.717, 1.165) is 22.3 Å². The molecule has 8 heteroatoms. The van der Waals surface area contributed by atoms with Gasteiger partial charge in [-0.1, -0.05) is 52.0 Å². The van der Waals surface area contributed by atoms with Crippen molar-refractivity contribution in [1.29, 1.82) is 5.26 Å². The Morgan fingerprint density at radius 3 is 2.05 bits per heavy atom. The van der Waals surface area contributed by atoms with Gasteiger partial charge in [-0.2, -0.15) is 5.26 Å². The van der Waals surface area contributed by atoms with Gasteiger partial charge in [-0.25, -0.2) is 14.4 Å². The van der Waals surface area contributed by atoms with Crippen LogP contribution in [0.25, 0.3) is 11.1 Å². The number of carbonyl (C=O) groups is 3. The SMILES string of the molecule is CCOC(=O)C(NC(=O)OCC(C)(C)C)(C(=O)OCC)C(C)c1ccc2c(c1)Cc1cc(C#N)ccc1-2. The number of esters is 2. The largest absolute Gasteiger partial charge is 0.464 e. The van der Waals surface area contributed by atoms with Gasteiger partial charge < -0.3 is 14.2 Å². The molecule has 0 spiro atoms. The summed E-state index contributed by atoms with van der Waals surface area (Å²) in [6.07, 6.45) is -0.311. The van der Waals surface area contributed by atoms with Crippen molar-refractivity contribution in [1.82, 2.24) is 5.32 Å². The molecule has 1 atom stereocenters. The number of ether oxygens (including phenoxy) is 3. The molecule has 3 rings (SSSR count). The van der Waals surface area contributed by atoms with Gasteiger partial charge in [-0.3, -0.25) is 5.32 Å². The number of rotatable bonds is 8. The van der Waals surface area contributed by atoms with E-state index in [-0.39, 0.29) is 25.2 Å². The van der Waals surface area contributed by atoms with Crippen molar-refractivity contribution in [2.24, 2.45) is 5.41 Å². The van der Waals surface area contributed by atoms with Gasteiger partial charge in [-0.15, -0.1) is 0 Å². The predicted molar refractivity (Wildman–Crippen MR) is 138 cm³/mol. The number of alkyl carbamates (subject to hydrolysis) is 1. The first-order valence-electron chi connectivity index (χ1n) is 12.4. The molecule has 196 valence electrons. The lowest BCUT2D eigenvalue weighted by atomic mass is 9.79. The molecule has 2 aromatic rings. The van der Waals surface area contributed by atoms with Gasteiger partial charge >= 0.3 is 18.0 Å². The minimum atomic E-state index is -2.16. The highest BCUT2D eigenvalue weighted by Gasteiger charge is 2.56. The number of hydrogen-bond acceptors (Lipinski definition) is 7. The Bertz CT molecular complexity index is 1220. The van der Waals surface area contributed by atoms with Crippen molar-refractivity contribution < 1.29 is 28.6 Å². The summed E-state index contributed by atoms with van der Waals surface area (Å²) in [7, 11) is 0. The zero-order valence-corrected chi connectivity index (χ0v) is 22.3. The van der Waals surface area contributed by atoms with Crippen LogP contribution in [0.5, 0.6) is 0 Å². The van der Waals surface area contributed by atoms with E-state index in [2.05, 4.69) is 11.4 Å². The Labute approximate surface area is 217 Å². The monoisotopic (exact) mass is 506 g/mol. The second kappa shape index (κ2) is 11.0. The van der Waals surface area contributed by atoms with Crippen LogP contribution >= 0.6 is 0 Å². The molecule has 0 saturated carbocycles. The van der Waals surface area contributed by atoms with E-state index in [1.807, 2.05) is 51.1 Å². The third kappa shape index (κ3) is 5.77. The maximum Gasteiger partial charge on any atom is 0.408 e. The second-order valence-corrected chi connectivity index (χ2v) is 10.3. The van der Waals surface area contributed by atoms with E-state index in [0.29, 0.717) is 17.5 Å².